The maximum atomic E-state index is 5.84. The summed E-state index contributed by atoms with van der Waals surface area (Å²) in [7, 11) is 0. The van der Waals surface area contributed by atoms with Crippen LogP contribution < -0.4 is 5.73 Å². The van der Waals surface area contributed by atoms with E-state index in [9.17, 15) is 0 Å². The van der Waals surface area contributed by atoms with Gasteiger partial charge in [-0.3, -0.25) is 0 Å². The van der Waals surface area contributed by atoms with Crippen molar-refractivity contribution in [2.75, 3.05) is 0 Å². The molecule has 0 radical (unpaired) electrons. The Kier molecular flexibility index (Phi) is 3.06. The van der Waals surface area contributed by atoms with Gasteiger partial charge in [0, 0.05) is 24.4 Å². The first-order valence-corrected chi connectivity index (χ1v) is 8.25. The molecule has 4 aliphatic carbocycles. The second-order valence-electron chi connectivity index (χ2n) is 7.59. The Bertz CT molecular complexity index is 452. The van der Waals surface area contributed by atoms with Crippen LogP contribution in [0.5, 0.6) is 0 Å². The molecule has 4 aliphatic rings. The Balaban J connectivity index is 1.55. The SMILES string of the molecule is CC(N)Cc1cnc(C2C3CC4CC(C3)CC2C4)nc1. The van der Waals surface area contributed by atoms with E-state index in [4.69, 9.17) is 15.7 Å². The van der Waals surface area contributed by atoms with E-state index in [-0.39, 0.29) is 6.04 Å². The minimum Gasteiger partial charge on any atom is -0.328 e. The van der Waals surface area contributed by atoms with Crippen LogP contribution in [0, 0.1) is 23.7 Å². The lowest BCUT2D eigenvalue weighted by Crippen LogP contribution is -2.44. The highest BCUT2D eigenvalue weighted by Crippen LogP contribution is 2.59. The van der Waals surface area contributed by atoms with E-state index in [0.29, 0.717) is 5.92 Å². The van der Waals surface area contributed by atoms with Gasteiger partial charge in [0.15, 0.2) is 0 Å². The van der Waals surface area contributed by atoms with Gasteiger partial charge in [0.25, 0.3) is 0 Å². The molecule has 1 atom stereocenters. The number of hydrogen-bond acceptors (Lipinski definition) is 3. The van der Waals surface area contributed by atoms with Gasteiger partial charge in [-0.15, -0.1) is 0 Å². The van der Waals surface area contributed by atoms with Gasteiger partial charge in [0.2, 0.25) is 0 Å². The summed E-state index contributed by atoms with van der Waals surface area (Å²) in [5, 5.41) is 0. The summed E-state index contributed by atoms with van der Waals surface area (Å²) >= 11 is 0. The zero-order chi connectivity index (χ0) is 13.7. The third-order valence-electron chi connectivity index (χ3n) is 5.81. The molecule has 20 heavy (non-hydrogen) atoms. The molecule has 1 unspecified atom stereocenters. The third kappa shape index (κ3) is 2.16. The minimum absolute atomic E-state index is 0.186. The number of rotatable bonds is 3. The molecule has 0 saturated heterocycles. The highest BCUT2D eigenvalue weighted by molar-refractivity contribution is 5.14. The Morgan fingerprint density at radius 1 is 1.05 bits per heavy atom. The van der Waals surface area contributed by atoms with Gasteiger partial charge in [-0.2, -0.15) is 0 Å². The van der Waals surface area contributed by atoms with Gasteiger partial charge in [-0.1, -0.05) is 0 Å². The molecule has 1 aromatic heterocycles. The summed E-state index contributed by atoms with van der Waals surface area (Å²) in [5.74, 6) is 5.53. The molecule has 0 aromatic carbocycles. The summed E-state index contributed by atoms with van der Waals surface area (Å²) < 4.78 is 0. The first kappa shape index (κ1) is 12.8. The van der Waals surface area contributed by atoms with Crippen molar-refractivity contribution >= 4 is 0 Å². The van der Waals surface area contributed by atoms with Crippen molar-refractivity contribution < 1.29 is 0 Å². The van der Waals surface area contributed by atoms with Crippen LogP contribution in [0.15, 0.2) is 12.4 Å². The summed E-state index contributed by atoms with van der Waals surface area (Å²) in [4.78, 5) is 9.42. The van der Waals surface area contributed by atoms with Crippen molar-refractivity contribution in [2.24, 2.45) is 29.4 Å². The van der Waals surface area contributed by atoms with E-state index in [2.05, 4.69) is 0 Å². The quantitative estimate of drug-likeness (QED) is 0.919. The Labute approximate surface area is 121 Å². The number of hydrogen-bond donors (Lipinski definition) is 1. The molecule has 1 heterocycles. The van der Waals surface area contributed by atoms with Crippen molar-refractivity contribution in [3.8, 4) is 0 Å². The zero-order valence-electron chi connectivity index (χ0n) is 12.3. The fourth-order valence-electron chi connectivity index (χ4n) is 5.36. The van der Waals surface area contributed by atoms with Gasteiger partial charge in [0.1, 0.15) is 5.82 Å². The second kappa shape index (κ2) is 4.80. The van der Waals surface area contributed by atoms with Crippen molar-refractivity contribution in [2.45, 2.75) is 57.4 Å². The number of aromatic nitrogens is 2. The molecule has 0 amide bonds. The predicted molar refractivity (Wildman–Crippen MR) is 79.2 cm³/mol. The number of nitrogens with zero attached hydrogens (tertiary/aromatic N) is 2. The molecule has 0 spiro atoms. The van der Waals surface area contributed by atoms with Gasteiger partial charge in [-0.25, -0.2) is 9.97 Å². The fourth-order valence-corrected chi connectivity index (χ4v) is 5.36. The Morgan fingerprint density at radius 2 is 1.60 bits per heavy atom. The van der Waals surface area contributed by atoms with E-state index in [1.54, 1.807) is 0 Å². The lowest BCUT2D eigenvalue weighted by molar-refractivity contribution is -0.00567. The molecule has 3 heteroatoms. The highest BCUT2D eigenvalue weighted by Gasteiger charge is 2.49. The van der Waals surface area contributed by atoms with E-state index in [1.165, 1.54) is 37.7 Å². The predicted octanol–water partition coefficient (Wildman–Crippen LogP) is 2.91. The summed E-state index contributed by atoms with van der Waals surface area (Å²) in [6.45, 7) is 2.03. The molecule has 1 aromatic rings. The molecule has 4 bridgehead atoms. The molecule has 2 N–H and O–H groups in total. The molecule has 4 fully saturated rings. The maximum Gasteiger partial charge on any atom is 0.131 e. The summed E-state index contributed by atoms with van der Waals surface area (Å²) in [5.41, 5.74) is 7.02. The first-order chi connectivity index (χ1) is 9.69. The van der Waals surface area contributed by atoms with Crippen LogP contribution in [0.2, 0.25) is 0 Å². The summed E-state index contributed by atoms with van der Waals surface area (Å²) in [6.07, 6.45) is 12.1. The zero-order valence-corrected chi connectivity index (χ0v) is 12.3. The first-order valence-electron chi connectivity index (χ1n) is 8.25. The lowest BCUT2D eigenvalue weighted by atomic mass is 9.51. The van der Waals surface area contributed by atoms with Crippen LogP contribution in [0.4, 0.5) is 0 Å². The van der Waals surface area contributed by atoms with Gasteiger partial charge >= 0.3 is 0 Å². The monoisotopic (exact) mass is 271 g/mol. The average Bonchev–Trinajstić information content (AvgIpc) is 2.38. The smallest absolute Gasteiger partial charge is 0.131 e. The lowest BCUT2D eigenvalue weighted by Gasteiger charge is -2.53. The number of nitrogens with two attached hydrogens (primary N) is 1. The Morgan fingerprint density at radius 3 is 2.10 bits per heavy atom. The standard InChI is InChI=1S/C17H25N3/c1-10(18)2-13-8-19-17(20-9-13)16-14-4-11-3-12(6-14)7-15(16)5-11/h8-12,14-16H,2-7,18H2,1H3. The van der Waals surface area contributed by atoms with Crippen molar-refractivity contribution in [1.82, 2.24) is 9.97 Å². The molecule has 3 nitrogen and oxygen atoms in total. The van der Waals surface area contributed by atoms with Crippen molar-refractivity contribution in [3.63, 3.8) is 0 Å². The van der Waals surface area contributed by atoms with Gasteiger partial charge in [-0.05, 0) is 74.7 Å². The average molecular weight is 271 g/mol. The van der Waals surface area contributed by atoms with Crippen LogP contribution in [0.3, 0.4) is 0 Å². The minimum atomic E-state index is 0.186. The maximum absolute atomic E-state index is 5.84. The van der Waals surface area contributed by atoms with Crippen LogP contribution in [0.1, 0.15) is 56.3 Å². The highest BCUT2D eigenvalue weighted by atomic mass is 14.9. The molecule has 4 saturated carbocycles. The van der Waals surface area contributed by atoms with Crippen LogP contribution >= 0.6 is 0 Å². The van der Waals surface area contributed by atoms with Gasteiger partial charge < -0.3 is 5.73 Å². The molecule has 5 rings (SSSR count). The van der Waals surface area contributed by atoms with Crippen LogP contribution in [-0.2, 0) is 6.42 Å². The van der Waals surface area contributed by atoms with Crippen LogP contribution in [0.25, 0.3) is 0 Å². The van der Waals surface area contributed by atoms with Crippen molar-refractivity contribution in [1.29, 1.82) is 0 Å². The normalized spacial score (nSPS) is 40.0. The summed E-state index contributed by atoms with van der Waals surface area (Å²) in [6, 6.07) is 0.186. The molecule has 0 aliphatic heterocycles. The largest absolute Gasteiger partial charge is 0.328 e. The van der Waals surface area contributed by atoms with E-state index in [1.807, 2.05) is 19.3 Å². The van der Waals surface area contributed by atoms with Crippen molar-refractivity contribution in [3.05, 3.63) is 23.8 Å². The second-order valence-corrected chi connectivity index (χ2v) is 7.59. The molecule has 108 valence electrons. The van der Waals surface area contributed by atoms with E-state index in [0.717, 1.165) is 35.9 Å². The molecular weight excluding hydrogens is 246 g/mol. The fraction of sp³-hybridized carbons (Fsp3) is 0.765. The topological polar surface area (TPSA) is 51.8 Å². The van der Waals surface area contributed by atoms with Gasteiger partial charge in [0.05, 0.1) is 0 Å². The third-order valence-corrected chi connectivity index (χ3v) is 5.81. The molecular formula is C17H25N3. The van der Waals surface area contributed by atoms with E-state index < -0.39 is 0 Å². The van der Waals surface area contributed by atoms with E-state index >= 15 is 0 Å². The Hall–Kier alpha value is -0.960. The van der Waals surface area contributed by atoms with Crippen LogP contribution in [-0.4, -0.2) is 16.0 Å².